The van der Waals surface area contributed by atoms with Crippen LogP contribution in [-0.2, 0) is 16.1 Å². The predicted octanol–water partition coefficient (Wildman–Crippen LogP) is 2.11. The average molecular weight is 358 g/mol. The van der Waals surface area contributed by atoms with Gasteiger partial charge in [0.2, 0.25) is 11.8 Å². The van der Waals surface area contributed by atoms with E-state index in [1.807, 2.05) is 0 Å². The molecule has 138 valence electrons. The van der Waals surface area contributed by atoms with Crippen LogP contribution in [0, 0.1) is 10.1 Å². The van der Waals surface area contributed by atoms with Crippen molar-refractivity contribution in [3.8, 4) is 0 Å². The van der Waals surface area contributed by atoms with Gasteiger partial charge in [-0.1, -0.05) is 12.8 Å². The smallest absolute Gasteiger partial charge is 0.270 e. The molecule has 2 amide bonds. The average Bonchev–Trinajstić information content (AvgIpc) is 3.24. The van der Waals surface area contributed by atoms with Gasteiger partial charge >= 0.3 is 0 Å². The van der Waals surface area contributed by atoms with E-state index in [2.05, 4.69) is 10.6 Å². The molecule has 1 aromatic carbocycles. The summed E-state index contributed by atoms with van der Waals surface area (Å²) in [6.07, 6.45) is 5.95. The fourth-order valence-corrected chi connectivity index (χ4v) is 3.34. The van der Waals surface area contributed by atoms with Gasteiger partial charge in [0.1, 0.15) is 12.6 Å². The summed E-state index contributed by atoms with van der Waals surface area (Å²) in [6.45, 7) is 1.71. The Kier molecular flexibility index (Phi) is 5.20. The van der Waals surface area contributed by atoms with E-state index < -0.39 is 11.0 Å². The van der Waals surface area contributed by atoms with Gasteiger partial charge in [-0.2, -0.15) is 0 Å². The van der Waals surface area contributed by atoms with Gasteiger partial charge < -0.3 is 15.2 Å². The summed E-state index contributed by atoms with van der Waals surface area (Å²) < 4.78 is 1.70. The van der Waals surface area contributed by atoms with Crippen LogP contribution in [0.25, 0.3) is 10.9 Å². The van der Waals surface area contributed by atoms with Crippen LogP contribution in [0.1, 0.15) is 32.6 Å². The van der Waals surface area contributed by atoms with E-state index >= 15 is 0 Å². The third kappa shape index (κ3) is 4.01. The van der Waals surface area contributed by atoms with Crippen molar-refractivity contribution in [1.82, 2.24) is 15.2 Å². The second-order valence-corrected chi connectivity index (χ2v) is 6.72. The van der Waals surface area contributed by atoms with Crippen LogP contribution in [0.2, 0.25) is 0 Å². The molecule has 1 heterocycles. The van der Waals surface area contributed by atoms with E-state index in [0.29, 0.717) is 5.39 Å². The normalized spacial score (nSPS) is 15.7. The summed E-state index contributed by atoms with van der Waals surface area (Å²) in [5, 5.41) is 17.2. The lowest BCUT2D eigenvalue weighted by molar-refractivity contribution is -0.384. The largest absolute Gasteiger partial charge is 0.352 e. The number of carbonyl (C=O) groups excluding carboxylic acids is 2. The summed E-state index contributed by atoms with van der Waals surface area (Å²) >= 11 is 0. The Labute approximate surface area is 150 Å². The monoisotopic (exact) mass is 358 g/mol. The second kappa shape index (κ2) is 7.55. The first-order chi connectivity index (χ1) is 12.4. The molecule has 2 N–H and O–H groups in total. The molecule has 1 aliphatic rings. The molecule has 0 radical (unpaired) electrons. The second-order valence-electron chi connectivity index (χ2n) is 6.72. The molecule has 0 spiro atoms. The van der Waals surface area contributed by atoms with Crippen molar-refractivity contribution in [2.45, 2.75) is 51.2 Å². The molecule has 8 nitrogen and oxygen atoms in total. The quantitative estimate of drug-likeness (QED) is 0.609. The van der Waals surface area contributed by atoms with E-state index in [0.717, 1.165) is 31.2 Å². The number of non-ortho nitro benzene ring substituents is 1. The van der Waals surface area contributed by atoms with Gasteiger partial charge in [0.15, 0.2) is 0 Å². The zero-order valence-electron chi connectivity index (χ0n) is 14.6. The minimum Gasteiger partial charge on any atom is -0.352 e. The van der Waals surface area contributed by atoms with E-state index in [1.165, 1.54) is 12.1 Å². The molecule has 1 aromatic heterocycles. The third-order valence-corrected chi connectivity index (χ3v) is 4.75. The summed E-state index contributed by atoms with van der Waals surface area (Å²) in [5.74, 6) is -0.451. The Hall–Kier alpha value is -2.90. The fraction of sp³-hybridized carbons (Fsp3) is 0.444. The zero-order valence-corrected chi connectivity index (χ0v) is 14.6. The standard InChI is InChI=1S/C18H22N4O4/c1-12(18(24)20-14-4-2-3-5-14)19-17(23)11-21-9-8-13-10-15(22(25)26)6-7-16(13)21/h6-10,12,14H,2-5,11H2,1H3,(H,19,23)(H,20,24)/t12-/m0/s1. The number of nitro groups is 1. The Morgan fingerprint density at radius 2 is 2.04 bits per heavy atom. The molecule has 1 saturated carbocycles. The number of fused-ring (bicyclic) bond motifs is 1. The van der Waals surface area contributed by atoms with Gasteiger partial charge in [0.05, 0.1) is 4.92 Å². The lowest BCUT2D eigenvalue weighted by Gasteiger charge is -2.18. The fourth-order valence-electron chi connectivity index (χ4n) is 3.34. The Balaban J connectivity index is 1.59. The molecule has 1 atom stereocenters. The maximum Gasteiger partial charge on any atom is 0.270 e. The number of hydrogen-bond acceptors (Lipinski definition) is 4. The van der Waals surface area contributed by atoms with E-state index in [4.69, 9.17) is 0 Å². The van der Waals surface area contributed by atoms with Crippen LogP contribution in [0.5, 0.6) is 0 Å². The van der Waals surface area contributed by atoms with Crippen molar-refractivity contribution in [3.63, 3.8) is 0 Å². The minimum atomic E-state index is -0.606. The molecule has 0 saturated heterocycles. The van der Waals surface area contributed by atoms with Crippen molar-refractivity contribution in [2.24, 2.45) is 0 Å². The van der Waals surface area contributed by atoms with Gasteiger partial charge in [0, 0.05) is 35.3 Å². The van der Waals surface area contributed by atoms with Gasteiger partial charge in [-0.05, 0) is 31.9 Å². The highest BCUT2D eigenvalue weighted by atomic mass is 16.6. The molecule has 1 aliphatic carbocycles. The lowest BCUT2D eigenvalue weighted by Crippen LogP contribution is -2.48. The molecule has 26 heavy (non-hydrogen) atoms. The topological polar surface area (TPSA) is 106 Å². The maximum absolute atomic E-state index is 12.3. The Morgan fingerprint density at radius 3 is 2.73 bits per heavy atom. The molecule has 0 aliphatic heterocycles. The number of benzene rings is 1. The number of aromatic nitrogens is 1. The van der Waals surface area contributed by atoms with Crippen LogP contribution in [0.3, 0.4) is 0 Å². The van der Waals surface area contributed by atoms with Gasteiger partial charge in [0.25, 0.3) is 5.69 Å². The zero-order chi connectivity index (χ0) is 18.7. The van der Waals surface area contributed by atoms with Crippen LogP contribution < -0.4 is 10.6 Å². The van der Waals surface area contributed by atoms with Crippen LogP contribution in [0.4, 0.5) is 5.69 Å². The number of nitrogens with one attached hydrogen (secondary N) is 2. The first kappa shape index (κ1) is 17.9. The SMILES string of the molecule is C[C@H](NC(=O)Cn1ccc2cc([N+](=O)[O-])ccc21)C(=O)NC1CCCC1. The van der Waals surface area contributed by atoms with Gasteiger partial charge in [-0.15, -0.1) is 0 Å². The third-order valence-electron chi connectivity index (χ3n) is 4.75. The summed E-state index contributed by atoms with van der Waals surface area (Å²) in [7, 11) is 0. The molecule has 0 bridgehead atoms. The predicted molar refractivity (Wildman–Crippen MR) is 96.6 cm³/mol. The molecule has 0 unspecified atom stereocenters. The maximum atomic E-state index is 12.3. The summed E-state index contributed by atoms with van der Waals surface area (Å²) in [6, 6.07) is 5.84. The summed E-state index contributed by atoms with van der Waals surface area (Å²) in [4.78, 5) is 34.8. The molecule has 1 fully saturated rings. The van der Waals surface area contributed by atoms with Crippen molar-refractivity contribution < 1.29 is 14.5 Å². The molecule has 3 rings (SSSR count). The number of nitro benzene ring substituents is 1. The van der Waals surface area contributed by atoms with Crippen LogP contribution in [-0.4, -0.2) is 33.4 Å². The Morgan fingerprint density at radius 1 is 1.31 bits per heavy atom. The van der Waals surface area contributed by atoms with Crippen molar-refractivity contribution in [3.05, 3.63) is 40.6 Å². The number of rotatable bonds is 6. The molecular formula is C18H22N4O4. The van der Waals surface area contributed by atoms with E-state index in [-0.39, 0.29) is 30.1 Å². The van der Waals surface area contributed by atoms with E-state index in [1.54, 1.807) is 29.8 Å². The first-order valence-electron chi connectivity index (χ1n) is 8.77. The van der Waals surface area contributed by atoms with Crippen LogP contribution in [0.15, 0.2) is 30.5 Å². The number of hydrogen-bond donors (Lipinski definition) is 2. The Bertz CT molecular complexity index is 839. The molecule has 8 heteroatoms. The number of nitrogens with zero attached hydrogens (tertiary/aromatic N) is 2. The highest BCUT2D eigenvalue weighted by Gasteiger charge is 2.22. The molecular weight excluding hydrogens is 336 g/mol. The highest BCUT2D eigenvalue weighted by Crippen LogP contribution is 2.22. The lowest BCUT2D eigenvalue weighted by atomic mass is 10.2. The van der Waals surface area contributed by atoms with Crippen molar-refractivity contribution in [2.75, 3.05) is 0 Å². The van der Waals surface area contributed by atoms with Gasteiger partial charge in [-0.25, -0.2) is 0 Å². The molecule has 2 aromatic rings. The van der Waals surface area contributed by atoms with Crippen molar-refractivity contribution in [1.29, 1.82) is 0 Å². The van der Waals surface area contributed by atoms with E-state index in [9.17, 15) is 19.7 Å². The first-order valence-corrected chi connectivity index (χ1v) is 8.77. The van der Waals surface area contributed by atoms with Crippen molar-refractivity contribution >= 4 is 28.4 Å². The number of amides is 2. The highest BCUT2D eigenvalue weighted by molar-refractivity contribution is 5.89. The summed E-state index contributed by atoms with van der Waals surface area (Å²) in [5.41, 5.74) is 0.741. The van der Waals surface area contributed by atoms with Gasteiger partial charge in [-0.3, -0.25) is 19.7 Å². The minimum absolute atomic E-state index is 0.0110. The number of carbonyl (C=O) groups is 2. The van der Waals surface area contributed by atoms with Crippen LogP contribution >= 0.6 is 0 Å².